The van der Waals surface area contributed by atoms with Crippen molar-refractivity contribution in [3.8, 4) is 0 Å². The van der Waals surface area contributed by atoms with Crippen LogP contribution >= 0.6 is 11.3 Å². The summed E-state index contributed by atoms with van der Waals surface area (Å²) in [6.07, 6.45) is 1.33. The van der Waals surface area contributed by atoms with Gasteiger partial charge in [0, 0.05) is 13.1 Å². The van der Waals surface area contributed by atoms with Crippen molar-refractivity contribution in [2.75, 3.05) is 23.3 Å². The molecule has 8 nitrogen and oxygen atoms in total. The van der Waals surface area contributed by atoms with Gasteiger partial charge in [-0.05, 0) is 38.5 Å². The Kier molecular flexibility index (Phi) is 4.75. The first-order valence-corrected chi connectivity index (χ1v) is 8.73. The van der Waals surface area contributed by atoms with Gasteiger partial charge in [-0.1, -0.05) is 17.4 Å². The number of hydrogen-bond donors (Lipinski definition) is 1. The maximum atomic E-state index is 11.6. The molecule has 3 rings (SSSR count). The molecule has 2 heterocycles. The number of aryl methyl sites for hydroxylation is 1. The van der Waals surface area contributed by atoms with Crippen molar-refractivity contribution in [3.05, 3.63) is 40.2 Å². The smallest absolute Gasteiger partial charge is 0.351 e. The topological polar surface area (TPSA) is 97.1 Å². The van der Waals surface area contributed by atoms with Crippen LogP contribution in [0.25, 0.3) is 10.2 Å². The monoisotopic (exact) mass is 358 g/mol. The zero-order chi connectivity index (χ0) is 18.0. The third kappa shape index (κ3) is 3.36. The molecule has 130 valence electrons. The highest BCUT2D eigenvalue weighted by molar-refractivity contribution is 7.22. The first-order chi connectivity index (χ1) is 12.0. The van der Waals surface area contributed by atoms with Crippen molar-refractivity contribution >= 4 is 44.0 Å². The summed E-state index contributed by atoms with van der Waals surface area (Å²) >= 11 is 1.43. The Hall–Kier alpha value is -2.81. The number of thiazole rings is 1. The number of anilines is 3. The van der Waals surface area contributed by atoms with Gasteiger partial charge in [0.2, 0.25) is 11.6 Å². The lowest BCUT2D eigenvalue weighted by atomic mass is 10.2. The highest BCUT2D eigenvalue weighted by Crippen LogP contribution is 2.35. The van der Waals surface area contributed by atoms with Gasteiger partial charge in [-0.3, -0.25) is 10.1 Å². The molecule has 0 aliphatic carbocycles. The van der Waals surface area contributed by atoms with Crippen LogP contribution in [0.5, 0.6) is 0 Å². The Morgan fingerprint density at radius 3 is 2.72 bits per heavy atom. The Balaban J connectivity index is 2.03. The summed E-state index contributed by atoms with van der Waals surface area (Å²) in [5, 5.41) is 15.2. The molecule has 2 aromatic heterocycles. The van der Waals surface area contributed by atoms with Crippen molar-refractivity contribution in [1.29, 1.82) is 0 Å². The van der Waals surface area contributed by atoms with Gasteiger partial charge in [0.1, 0.15) is 6.33 Å². The number of benzene rings is 1. The molecule has 25 heavy (non-hydrogen) atoms. The number of hydrogen-bond acceptors (Lipinski definition) is 8. The fourth-order valence-electron chi connectivity index (χ4n) is 2.57. The van der Waals surface area contributed by atoms with Crippen LogP contribution in [0.3, 0.4) is 0 Å². The van der Waals surface area contributed by atoms with E-state index in [-0.39, 0.29) is 11.5 Å². The Labute approximate surface area is 148 Å². The average Bonchev–Trinajstić information content (AvgIpc) is 2.97. The van der Waals surface area contributed by atoms with E-state index in [2.05, 4.69) is 20.3 Å². The van der Waals surface area contributed by atoms with Crippen LogP contribution in [-0.4, -0.2) is 33.0 Å². The van der Waals surface area contributed by atoms with E-state index in [4.69, 9.17) is 0 Å². The van der Waals surface area contributed by atoms with Crippen molar-refractivity contribution in [1.82, 2.24) is 15.0 Å². The lowest BCUT2D eigenvalue weighted by Gasteiger charge is -2.19. The second-order valence-corrected chi connectivity index (χ2v) is 6.47. The molecule has 0 atom stereocenters. The van der Waals surface area contributed by atoms with Crippen molar-refractivity contribution in [2.45, 2.75) is 20.8 Å². The first-order valence-electron chi connectivity index (χ1n) is 7.92. The van der Waals surface area contributed by atoms with Gasteiger partial charge in [-0.25, -0.2) is 15.0 Å². The lowest BCUT2D eigenvalue weighted by molar-refractivity contribution is -0.383. The minimum Gasteiger partial charge on any atom is -0.351 e. The summed E-state index contributed by atoms with van der Waals surface area (Å²) in [6.45, 7) is 7.11. The summed E-state index contributed by atoms with van der Waals surface area (Å²) < 4.78 is 1.02. The first kappa shape index (κ1) is 17.0. The number of aromatic nitrogens is 3. The molecule has 0 aliphatic heterocycles. The largest absolute Gasteiger partial charge is 0.353 e. The van der Waals surface area contributed by atoms with E-state index in [1.165, 1.54) is 17.7 Å². The lowest BCUT2D eigenvalue weighted by Crippen LogP contribution is -2.24. The van der Waals surface area contributed by atoms with Gasteiger partial charge >= 0.3 is 5.69 Å². The molecule has 0 amide bonds. The fourth-order valence-corrected chi connectivity index (χ4v) is 3.53. The number of nitrogens with zero attached hydrogens (tertiary/aromatic N) is 5. The molecule has 0 fully saturated rings. The van der Waals surface area contributed by atoms with Crippen LogP contribution in [0.1, 0.15) is 19.4 Å². The maximum Gasteiger partial charge on any atom is 0.353 e. The van der Waals surface area contributed by atoms with Crippen LogP contribution in [0, 0.1) is 17.0 Å². The summed E-state index contributed by atoms with van der Waals surface area (Å²) in [5.74, 6) is 0.460. The average molecular weight is 358 g/mol. The fraction of sp³-hybridized carbons (Fsp3) is 0.312. The summed E-state index contributed by atoms with van der Waals surface area (Å²) in [6, 6.07) is 5.95. The number of fused-ring (bicyclic) bond motifs is 1. The van der Waals surface area contributed by atoms with Gasteiger partial charge in [0.05, 0.1) is 15.1 Å². The molecule has 1 aromatic carbocycles. The van der Waals surface area contributed by atoms with Crippen LogP contribution in [0.4, 0.5) is 22.5 Å². The molecule has 9 heteroatoms. The second kappa shape index (κ2) is 6.98. The van der Waals surface area contributed by atoms with E-state index in [0.717, 1.165) is 15.8 Å². The Morgan fingerprint density at radius 2 is 2.04 bits per heavy atom. The molecule has 0 saturated carbocycles. The molecule has 1 N–H and O–H groups in total. The highest BCUT2D eigenvalue weighted by atomic mass is 32.1. The normalized spacial score (nSPS) is 10.8. The Morgan fingerprint density at radius 1 is 1.28 bits per heavy atom. The third-order valence-corrected chi connectivity index (χ3v) is 4.75. The van der Waals surface area contributed by atoms with Gasteiger partial charge in [0.15, 0.2) is 5.13 Å². The predicted molar refractivity (Wildman–Crippen MR) is 99.9 cm³/mol. The van der Waals surface area contributed by atoms with Crippen molar-refractivity contribution < 1.29 is 4.92 Å². The van der Waals surface area contributed by atoms with E-state index in [1.54, 1.807) is 0 Å². The molecular weight excluding hydrogens is 340 g/mol. The summed E-state index contributed by atoms with van der Waals surface area (Å²) in [5.41, 5.74) is 1.85. The molecule has 0 aliphatic rings. The predicted octanol–water partition coefficient (Wildman–Crippen LogP) is 3.89. The zero-order valence-corrected chi connectivity index (χ0v) is 15.0. The molecule has 0 bridgehead atoms. The summed E-state index contributed by atoms with van der Waals surface area (Å²) in [4.78, 5) is 25.7. The van der Waals surface area contributed by atoms with Crippen molar-refractivity contribution in [2.24, 2.45) is 0 Å². The third-order valence-electron chi connectivity index (χ3n) is 3.82. The quantitative estimate of drug-likeness (QED) is 0.527. The van der Waals surface area contributed by atoms with Gasteiger partial charge < -0.3 is 10.2 Å². The standard InChI is InChI=1S/C16H18N6O2S/c1-4-21(5-2)15-13(22(23)24)14(17-9-18-15)20-16-19-11-7-6-10(3)8-12(11)25-16/h6-9H,4-5H2,1-3H3,(H,17,18,19,20). The molecular formula is C16H18N6O2S. The minimum absolute atomic E-state index is 0.137. The van der Waals surface area contributed by atoms with E-state index in [9.17, 15) is 10.1 Å². The minimum atomic E-state index is -0.451. The van der Waals surface area contributed by atoms with Crippen molar-refractivity contribution in [3.63, 3.8) is 0 Å². The van der Waals surface area contributed by atoms with Crippen LogP contribution in [0.2, 0.25) is 0 Å². The zero-order valence-electron chi connectivity index (χ0n) is 14.2. The molecule has 0 unspecified atom stereocenters. The second-order valence-electron chi connectivity index (χ2n) is 5.44. The number of nitrogens with one attached hydrogen (secondary N) is 1. The van der Waals surface area contributed by atoms with Crippen LogP contribution < -0.4 is 10.2 Å². The van der Waals surface area contributed by atoms with Gasteiger partial charge in [-0.15, -0.1) is 0 Å². The van der Waals surface area contributed by atoms with E-state index < -0.39 is 4.92 Å². The van der Waals surface area contributed by atoms with Gasteiger partial charge in [-0.2, -0.15) is 0 Å². The Bertz CT molecular complexity index is 922. The number of rotatable bonds is 6. The van der Waals surface area contributed by atoms with E-state index >= 15 is 0 Å². The molecule has 0 radical (unpaired) electrons. The highest BCUT2D eigenvalue weighted by Gasteiger charge is 2.26. The SMILES string of the molecule is CCN(CC)c1ncnc(Nc2nc3ccc(C)cc3s2)c1[N+](=O)[O-]. The van der Waals surface area contributed by atoms with Crippen LogP contribution in [0.15, 0.2) is 24.5 Å². The molecule has 0 saturated heterocycles. The molecule has 3 aromatic rings. The summed E-state index contributed by atoms with van der Waals surface area (Å²) in [7, 11) is 0. The molecule has 0 spiro atoms. The van der Waals surface area contributed by atoms with Gasteiger partial charge in [0.25, 0.3) is 0 Å². The number of nitro groups is 1. The van der Waals surface area contributed by atoms with E-state index in [0.29, 0.717) is 24.0 Å². The van der Waals surface area contributed by atoms with Crippen LogP contribution in [-0.2, 0) is 0 Å². The maximum absolute atomic E-state index is 11.6. The van der Waals surface area contributed by atoms with E-state index in [1.807, 2.05) is 43.9 Å².